The molecule has 1 amide bonds. The minimum Gasteiger partial charge on any atom is -0.411 e. The number of aromatic nitrogens is 1. The van der Waals surface area contributed by atoms with Crippen molar-refractivity contribution in [2.45, 2.75) is 64.2 Å². The molecule has 1 aromatic heterocycles. The fourth-order valence-corrected chi connectivity index (χ4v) is 8.27. The number of carbonyl (C=O) groups is 1. The van der Waals surface area contributed by atoms with Crippen molar-refractivity contribution in [3.8, 4) is 0 Å². The van der Waals surface area contributed by atoms with Crippen molar-refractivity contribution in [1.29, 1.82) is 0 Å². The first-order valence-electron chi connectivity index (χ1n) is 14.5. The van der Waals surface area contributed by atoms with Gasteiger partial charge in [-0.25, -0.2) is 9.37 Å². The highest BCUT2D eigenvalue weighted by molar-refractivity contribution is 5.92. The molecule has 1 saturated heterocycles. The van der Waals surface area contributed by atoms with Gasteiger partial charge < -0.3 is 20.2 Å². The van der Waals surface area contributed by atoms with Gasteiger partial charge in [0.05, 0.1) is 30.8 Å². The molecule has 0 bridgehead atoms. The standard InChI is InChI=1S/C31H39FN4O3/c1-31-13-12-23-22-5-3-6-26(32)24(22)9-10-25(23)30(31)20(18-27(31)35-38)4-2-7-29(37)34-28-11-8-21(19-33-28)36-14-16-39-17-15-36/h3,5-6,8,11,19-20,23,25,30,38H,2,4,7,9-10,12-18H2,1H3,(H,33,34,37)/b35-27+/t20-,23?,25?,30?,31-/m1/s1. The molecule has 6 rings (SSSR count). The number of anilines is 2. The summed E-state index contributed by atoms with van der Waals surface area (Å²) >= 11 is 0. The second-order valence-electron chi connectivity index (χ2n) is 12.1. The van der Waals surface area contributed by atoms with Crippen LogP contribution in [0.4, 0.5) is 15.9 Å². The van der Waals surface area contributed by atoms with E-state index in [-0.39, 0.29) is 17.1 Å². The van der Waals surface area contributed by atoms with Gasteiger partial charge in [-0.1, -0.05) is 24.2 Å². The molecule has 39 heavy (non-hydrogen) atoms. The van der Waals surface area contributed by atoms with E-state index in [0.29, 0.717) is 35.9 Å². The number of pyridine rings is 1. The Hall–Kier alpha value is -3.00. The van der Waals surface area contributed by atoms with Gasteiger partial charge in [0.25, 0.3) is 0 Å². The van der Waals surface area contributed by atoms with Crippen molar-refractivity contribution in [1.82, 2.24) is 4.98 Å². The summed E-state index contributed by atoms with van der Waals surface area (Å²) in [6.07, 6.45) is 8.41. The molecule has 3 aliphatic carbocycles. The maximum atomic E-state index is 14.6. The predicted molar refractivity (Wildman–Crippen MR) is 149 cm³/mol. The lowest BCUT2D eigenvalue weighted by atomic mass is 9.54. The summed E-state index contributed by atoms with van der Waals surface area (Å²) in [4.78, 5) is 19.4. The van der Waals surface area contributed by atoms with Crippen LogP contribution >= 0.6 is 0 Å². The fraction of sp³-hybridized carbons (Fsp3) is 0.581. The molecular weight excluding hydrogens is 495 g/mol. The van der Waals surface area contributed by atoms with Gasteiger partial charge in [-0.3, -0.25) is 4.79 Å². The second kappa shape index (κ2) is 10.9. The summed E-state index contributed by atoms with van der Waals surface area (Å²) in [6.45, 7) is 5.41. The maximum Gasteiger partial charge on any atom is 0.225 e. The highest BCUT2D eigenvalue weighted by atomic mass is 19.1. The second-order valence-corrected chi connectivity index (χ2v) is 12.1. The fourth-order valence-electron chi connectivity index (χ4n) is 8.27. The van der Waals surface area contributed by atoms with Crippen molar-refractivity contribution < 1.29 is 19.1 Å². The van der Waals surface area contributed by atoms with Crippen molar-refractivity contribution in [2.24, 2.45) is 28.3 Å². The molecule has 3 fully saturated rings. The van der Waals surface area contributed by atoms with Gasteiger partial charge in [-0.15, -0.1) is 0 Å². The zero-order valence-corrected chi connectivity index (χ0v) is 22.7. The number of amides is 1. The number of oxime groups is 1. The van der Waals surface area contributed by atoms with Crippen LogP contribution in [-0.4, -0.2) is 48.1 Å². The third-order valence-electron chi connectivity index (χ3n) is 10.1. The van der Waals surface area contributed by atoms with Crippen LogP contribution in [0.2, 0.25) is 0 Å². The van der Waals surface area contributed by atoms with E-state index in [4.69, 9.17) is 4.74 Å². The summed E-state index contributed by atoms with van der Waals surface area (Å²) < 4.78 is 20.0. The van der Waals surface area contributed by atoms with E-state index in [9.17, 15) is 14.4 Å². The number of carbonyl (C=O) groups excluding carboxylic acids is 1. The van der Waals surface area contributed by atoms with Crippen molar-refractivity contribution in [3.63, 3.8) is 0 Å². The topological polar surface area (TPSA) is 87.1 Å². The van der Waals surface area contributed by atoms with Crippen LogP contribution in [0.25, 0.3) is 0 Å². The Balaban J connectivity index is 1.08. The Bertz CT molecular complexity index is 1230. The number of morpholine rings is 1. The molecule has 2 N–H and O–H groups in total. The molecule has 1 aromatic carbocycles. The monoisotopic (exact) mass is 534 g/mol. The first-order valence-corrected chi connectivity index (χ1v) is 14.5. The van der Waals surface area contributed by atoms with Crippen LogP contribution in [0.3, 0.4) is 0 Å². The number of halogens is 1. The Morgan fingerprint density at radius 1 is 1.26 bits per heavy atom. The number of nitrogens with zero attached hydrogens (tertiary/aromatic N) is 3. The van der Waals surface area contributed by atoms with Crippen molar-refractivity contribution in [3.05, 3.63) is 53.5 Å². The Kier molecular flexibility index (Phi) is 7.31. The van der Waals surface area contributed by atoms with Crippen LogP contribution in [0.15, 0.2) is 41.7 Å². The SMILES string of the molecule is C[C@]12CCC3c4cccc(F)c4CCC3C1[C@H](CCCC(=O)Nc1ccc(N3CCOCC3)cn1)C/C2=N\O. The van der Waals surface area contributed by atoms with E-state index < -0.39 is 0 Å². The summed E-state index contributed by atoms with van der Waals surface area (Å²) in [5, 5.41) is 16.7. The molecule has 2 aromatic rings. The molecule has 1 aliphatic heterocycles. The quantitative estimate of drug-likeness (QED) is 0.363. The van der Waals surface area contributed by atoms with Crippen molar-refractivity contribution in [2.75, 3.05) is 36.5 Å². The predicted octanol–water partition coefficient (Wildman–Crippen LogP) is 5.78. The molecule has 7 nitrogen and oxygen atoms in total. The van der Waals surface area contributed by atoms with Gasteiger partial charge in [-0.2, -0.15) is 0 Å². The van der Waals surface area contributed by atoms with E-state index in [1.807, 2.05) is 24.4 Å². The smallest absolute Gasteiger partial charge is 0.225 e. The van der Waals surface area contributed by atoms with Gasteiger partial charge in [0.1, 0.15) is 11.6 Å². The molecule has 0 spiro atoms. The molecule has 8 heteroatoms. The van der Waals surface area contributed by atoms with Crippen LogP contribution in [0.1, 0.15) is 68.9 Å². The van der Waals surface area contributed by atoms with Crippen LogP contribution in [0.5, 0.6) is 0 Å². The van der Waals surface area contributed by atoms with E-state index in [1.54, 1.807) is 6.07 Å². The lowest BCUT2D eigenvalue weighted by molar-refractivity contribution is -0.116. The van der Waals surface area contributed by atoms with Gasteiger partial charge in [0.15, 0.2) is 0 Å². The highest BCUT2D eigenvalue weighted by Crippen LogP contribution is 2.62. The third kappa shape index (κ3) is 4.92. The minimum atomic E-state index is -0.125. The number of hydrogen-bond donors (Lipinski definition) is 2. The number of fused-ring (bicyclic) bond motifs is 5. The zero-order chi connectivity index (χ0) is 27.0. The van der Waals surface area contributed by atoms with E-state index >= 15 is 0 Å². The number of rotatable bonds is 6. The molecular formula is C31H39FN4O3. The van der Waals surface area contributed by atoms with Gasteiger partial charge in [-0.05, 0) is 97.9 Å². The molecule has 2 heterocycles. The number of benzene rings is 1. The Morgan fingerprint density at radius 3 is 2.87 bits per heavy atom. The number of nitrogens with one attached hydrogen (secondary N) is 1. The molecule has 208 valence electrons. The average Bonchev–Trinajstić information content (AvgIpc) is 3.25. The Morgan fingerprint density at radius 2 is 2.10 bits per heavy atom. The molecule has 3 unspecified atom stereocenters. The normalized spacial score (nSPS) is 30.9. The number of ether oxygens (including phenoxy) is 1. The first kappa shape index (κ1) is 26.2. The average molecular weight is 535 g/mol. The van der Waals surface area contributed by atoms with Crippen LogP contribution in [-0.2, 0) is 16.0 Å². The van der Waals surface area contributed by atoms with Gasteiger partial charge >= 0.3 is 0 Å². The lowest BCUT2D eigenvalue weighted by Crippen LogP contribution is -2.44. The Labute approximate surface area is 229 Å². The summed E-state index contributed by atoms with van der Waals surface area (Å²) in [5.74, 6) is 2.03. The van der Waals surface area contributed by atoms with Gasteiger partial charge in [0.2, 0.25) is 5.91 Å². The van der Waals surface area contributed by atoms with Crippen LogP contribution in [0, 0.1) is 29.0 Å². The van der Waals surface area contributed by atoms with E-state index in [0.717, 1.165) is 88.2 Å². The molecule has 4 aliphatic rings. The third-order valence-corrected chi connectivity index (χ3v) is 10.1. The summed E-state index contributed by atoms with van der Waals surface area (Å²) in [5.41, 5.74) is 3.92. The summed E-state index contributed by atoms with van der Waals surface area (Å²) in [6, 6.07) is 9.41. The minimum absolute atomic E-state index is 0.0259. The molecule has 0 radical (unpaired) electrons. The highest BCUT2D eigenvalue weighted by Gasteiger charge is 2.57. The van der Waals surface area contributed by atoms with Crippen molar-refractivity contribution >= 4 is 23.1 Å². The first-order chi connectivity index (χ1) is 19.0. The largest absolute Gasteiger partial charge is 0.411 e. The molecule has 5 atom stereocenters. The van der Waals surface area contributed by atoms with Crippen LogP contribution < -0.4 is 10.2 Å². The zero-order valence-electron chi connectivity index (χ0n) is 22.7. The summed E-state index contributed by atoms with van der Waals surface area (Å²) in [7, 11) is 0. The lowest BCUT2D eigenvalue weighted by Gasteiger charge is -2.50. The number of hydrogen-bond acceptors (Lipinski definition) is 6. The van der Waals surface area contributed by atoms with Gasteiger partial charge in [0, 0.05) is 24.9 Å². The van der Waals surface area contributed by atoms with E-state index in [1.165, 1.54) is 5.56 Å². The molecule has 2 saturated carbocycles. The maximum absolute atomic E-state index is 14.6. The van der Waals surface area contributed by atoms with E-state index in [2.05, 4.69) is 33.3 Å².